The molecule has 0 aromatic carbocycles. The first-order valence-corrected chi connectivity index (χ1v) is 12.3. The van der Waals surface area contributed by atoms with E-state index in [1.54, 1.807) is 20.8 Å². The van der Waals surface area contributed by atoms with Crippen LogP contribution in [0.25, 0.3) is 0 Å². The van der Waals surface area contributed by atoms with Crippen molar-refractivity contribution in [1.29, 1.82) is 0 Å². The van der Waals surface area contributed by atoms with E-state index >= 15 is 0 Å². The number of guanidine groups is 1. The first kappa shape index (κ1) is 24.7. The number of carbonyl (C=O) groups is 1. The summed E-state index contributed by atoms with van der Waals surface area (Å²) in [6.45, 7) is 13.7. The summed E-state index contributed by atoms with van der Waals surface area (Å²) in [5.74, 6) is 1.09. The van der Waals surface area contributed by atoms with Crippen molar-refractivity contribution >= 4 is 21.7 Å². The second-order valence-corrected chi connectivity index (χ2v) is 11.3. The van der Waals surface area contributed by atoms with Gasteiger partial charge < -0.3 is 15.5 Å². The summed E-state index contributed by atoms with van der Waals surface area (Å²) in [5.41, 5.74) is 0. The Kier molecular flexibility index (Phi) is 9.74. The number of rotatable bonds is 8. The number of nitrogens with zero attached hydrogens (tertiary/aromatic N) is 2. The fraction of sp³-hybridized carbons (Fsp3) is 0.900. The van der Waals surface area contributed by atoms with E-state index < -0.39 is 14.6 Å². The largest absolute Gasteiger partial charge is 0.357 e. The van der Waals surface area contributed by atoms with Gasteiger partial charge >= 0.3 is 0 Å². The molecular formula is C20H40N4O3S. The number of sulfone groups is 1. The molecule has 0 aromatic heterocycles. The monoisotopic (exact) mass is 416 g/mol. The average Bonchev–Trinajstić information content (AvgIpc) is 2.62. The lowest BCUT2D eigenvalue weighted by Crippen LogP contribution is -2.50. The summed E-state index contributed by atoms with van der Waals surface area (Å²) in [6, 6.07) is 0.239. The molecule has 1 aliphatic heterocycles. The molecule has 0 bridgehead atoms. The van der Waals surface area contributed by atoms with Crippen molar-refractivity contribution in [3.8, 4) is 0 Å². The quantitative estimate of drug-likeness (QED) is 0.467. The van der Waals surface area contributed by atoms with E-state index in [1.165, 1.54) is 0 Å². The maximum absolute atomic E-state index is 12.5. The Balaban J connectivity index is 2.58. The first-order valence-electron chi connectivity index (χ1n) is 10.6. The Hall–Kier alpha value is -1.31. The zero-order valence-electron chi connectivity index (χ0n) is 18.5. The summed E-state index contributed by atoms with van der Waals surface area (Å²) >= 11 is 0. The molecule has 0 aliphatic carbocycles. The van der Waals surface area contributed by atoms with Crippen LogP contribution in [0.1, 0.15) is 67.2 Å². The predicted molar refractivity (Wildman–Crippen MR) is 116 cm³/mol. The summed E-state index contributed by atoms with van der Waals surface area (Å²) in [6.07, 6.45) is 3.53. The predicted octanol–water partition coefficient (Wildman–Crippen LogP) is 2.18. The van der Waals surface area contributed by atoms with Crippen molar-refractivity contribution in [2.45, 2.75) is 78.0 Å². The third kappa shape index (κ3) is 7.26. The van der Waals surface area contributed by atoms with Crippen molar-refractivity contribution < 1.29 is 13.2 Å². The molecule has 7 nitrogen and oxygen atoms in total. The lowest BCUT2D eigenvalue weighted by molar-refractivity contribution is -0.136. The standard InChI is InChI=1S/C20H40N4O3S/c1-7-16(8-2)18(25)24-13-10-17(11-14-24)23-19(21-9-3)22-12-15-28(26,27)20(4,5)6/h16-17H,7-15H2,1-6H3,(H2,21,22,23). The molecule has 1 heterocycles. The van der Waals surface area contributed by atoms with Crippen molar-refractivity contribution in [2.24, 2.45) is 10.9 Å². The Labute approximate surface area is 171 Å². The number of nitrogens with one attached hydrogen (secondary N) is 2. The van der Waals surface area contributed by atoms with Gasteiger partial charge in [-0.2, -0.15) is 0 Å². The van der Waals surface area contributed by atoms with Crippen LogP contribution in [0.5, 0.6) is 0 Å². The summed E-state index contributed by atoms with van der Waals surface area (Å²) in [7, 11) is -3.18. The number of hydrogen-bond donors (Lipinski definition) is 2. The van der Waals surface area contributed by atoms with Crippen LogP contribution in [0.2, 0.25) is 0 Å². The first-order chi connectivity index (χ1) is 13.1. The van der Waals surface area contributed by atoms with Crippen LogP contribution >= 0.6 is 0 Å². The summed E-state index contributed by atoms with van der Waals surface area (Å²) < 4.78 is 23.7. The SMILES string of the molecule is CCNC(=NCCS(=O)(=O)C(C)(C)C)NC1CCN(C(=O)C(CC)CC)CC1. The molecule has 0 saturated carbocycles. The maximum atomic E-state index is 12.5. The van der Waals surface area contributed by atoms with Crippen LogP contribution in [0.15, 0.2) is 4.99 Å². The molecule has 0 atom stereocenters. The van der Waals surface area contributed by atoms with Crippen molar-refractivity contribution in [3.63, 3.8) is 0 Å². The second-order valence-electron chi connectivity index (χ2n) is 8.45. The van der Waals surface area contributed by atoms with Gasteiger partial charge in [0.25, 0.3) is 0 Å². The molecule has 1 aliphatic rings. The van der Waals surface area contributed by atoms with Crippen LogP contribution in [0.4, 0.5) is 0 Å². The van der Waals surface area contributed by atoms with Gasteiger partial charge in [0.15, 0.2) is 15.8 Å². The number of hydrogen-bond acceptors (Lipinski definition) is 4. The van der Waals surface area contributed by atoms with Crippen molar-refractivity contribution in [1.82, 2.24) is 15.5 Å². The van der Waals surface area contributed by atoms with Gasteiger partial charge in [-0.3, -0.25) is 9.79 Å². The maximum Gasteiger partial charge on any atom is 0.225 e. The lowest BCUT2D eigenvalue weighted by Gasteiger charge is -2.34. The number of piperidine rings is 1. The molecule has 164 valence electrons. The molecule has 0 aromatic rings. The molecule has 0 radical (unpaired) electrons. The van der Waals surface area contributed by atoms with E-state index in [0.717, 1.165) is 38.8 Å². The van der Waals surface area contributed by atoms with E-state index in [1.807, 2.05) is 11.8 Å². The smallest absolute Gasteiger partial charge is 0.225 e. The number of amides is 1. The van der Waals surface area contributed by atoms with Gasteiger partial charge in [-0.1, -0.05) is 13.8 Å². The molecule has 28 heavy (non-hydrogen) atoms. The fourth-order valence-corrected chi connectivity index (χ4v) is 4.18. The van der Waals surface area contributed by atoms with E-state index in [0.29, 0.717) is 12.5 Å². The van der Waals surface area contributed by atoms with Gasteiger partial charge in [0, 0.05) is 31.6 Å². The Morgan fingerprint density at radius 2 is 1.71 bits per heavy atom. The minimum atomic E-state index is -3.18. The summed E-state index contributed by atoms with van der Waals surface area (Å²) in [4.78, 5) is 19.0. The Morgan fingerprint density at radius 3 is 2.18 bits per heavy atom. The third-order valence-electron chi connectivity index (χ3n) is 5.39. The Morgan fingerprint density at radius 1 is 1.14 bits per heavy atom. The van der Waals surface area contributed by atoms with Gasteiger partial charge in [0.2, 0.25) is 5.91 Å². The van der Waals surface area contributed by atoms with E-state index in [-0.39, 0.29) is 30.2 Å². The minimum absolute atomic E-state index is 0.0371. The lowest BCUT2D eigenvalue weighted by atomic mass is 9.98. The van der Waals surface area contributed by atoms with Crippen LogP contribution in [0, 0.1) is 5.92 Å². The molecular weight excluding hydrogens is 376 g/mol. The molecule has 1 saturated heterocycles. The average molecular weight is 417 g/mol. The highest BCUT2D eigenvalue weighted by Crippen LogP contribution is 2.18. The number of likely N-dealkylation sites (tertiary alicyclic amines) is 1. The normalized spacial score (nSPS) is 17.1. The van der Waals surface area contributed by atoms with Crippen molar-refractivity contribution in [3.05, 3.63) is 0 Å². The molecule has 1 fully saturated rings. The topological polar surface area (TPSA) is 90.9 Å². The molecule has 1 amide bonds. The number of aliphatic imine (C=N–C) groups is 1. The van der Waals surface area contributed by atoms with Gasteiger partial charge in [-0.15, -0.1) is 0 Å². The van der Waals surface area contributed by atoms with Crippen molar-refractivity contribution in [2.75, 3.05) is 31.9 Å². The van der Waals surface area contributed by atoms with Crippen LogP contribution in [-0.4, -0.2) is 67.9 Å². The molecule has 0 spiro atoms. The zero-order valence-corrected chi connectivity index (χ0v) is 19.4. The molecule has 1 rings (SSSR count). The Bertz CT molecular complexity index is 614. The minimum Gasteiger partial charge on any atom is -0.357 e. The van der Waals surface area contributed by atoms with Crippen LogP contribution in [0.3, 0.4) is 0 Å². The van der Waals surface area contributed by atoms with Crippen LogP contribution in [-0.2, 0) is 14.6 Å². The number of carbonyl (C=O) groups excluding carboxylic acids is 1. The highest BCUT2D eigenvalue weighted by atomic mass is 32.2. The molecule has 2 N–H and O–H groups in total. The van der Waals surface area contributed by atoms with Gasteiger partial charge in [0.05, 0.1) is 17.0 Å². The van der Waals surface area contributed by atoms with Gasteiger partial charge in [-0.25, -0.2) is 8.42 Å². The van der Waals surface area contributed by atoms with E-state index in [2.05, 4.69) is 29.5 Å². The van der Waals surface area contributed by atoms with E-state index in [9.17, 15) is 13.2 Å². The second kappa shape index (κ2) is 11.0. The third-order valence-corrected chi connectivity index (χ3v) is 7.98. The van der Waals surface area contributed by atoms with E-state index in [4.69, 9.17) is 0 Å². The van der Waals surface area contributed by atoms with Gasteiger partial charge in [0.1, 0.15) is 0 Å². The fourth-order valence-electron chi connectivity index (χ4n) is 3.24. The highest BCUT2D eigenvalue weighted by molar-refractivity contribution is 7.92. The zero-order chi connectivity index (χ0) is 21.4. The summed E-state index contributed by atoms with van der Waals surface area (Å²) in [5, 5.41) is 6.59. The van der Waals surface area contributed by atoms with Crippen LogP contribution < -0.4 is 10.6 Å². The highest BCUT2D eigenvalue weighted by Gasteiger charge is 2.29. The van der Waals surface area contributed by atoms with Gasteiger partial charge in [-0.05, 0) is 53.4 Å². The molecule has 0 unspecified atom stereocenters. The molecule has 8 heteroatoms.